The maximum atomic E-state index is 13.1. The van der Waals surface area contributed by atoms with Crippen LogP contribution in [0.5, 0.6) is 11.5 Å². The van der Waals surface area contributed by atoms with Gasteiger partial charge < -0.3 is 20.1 Å². The molecule has 4 saturated carbocycles. The van der Waals surface area contributed by atoms with Crippen molar-refractivity contribution in [2.24, 2.45) is 56.2 Å². The van der Waals surface area contributed by atoms with E-state index in [1.807, 2.05) is 0 Å². The van der Waals surface area contributed by atoms with E-state index in [9.17, 15) is 20.1 Å². The Hall–Kier alpha value is -2.27. The van der Waals surface area contributed by atoms with E-state index >= 15 is 0 Å². The van der Waals surface area contributed by atoms with Crippen LogP contribution in [0.15, 0.2) is 35.9 Å². The number of ether oxygens (including phenoxy) is 1. The van der Waals surface area contributed by atoms with Crippen molar-refractivity contribution < 1.29 is 24.9 Å². The van der Waals surface area contributed by atoms with Crippen LogP contribution in [0.2, 0.25) is 0 Å². The largest absolute Gasteiger partial charge is 0.504 e. The molecule has 3 N–H and O–H groups in total. The van der Waals surface area contributed by atoms with Crippen molar-refractivity contribution >= 4 is 12.0 Å². The molecule has 4 fully saturated rings. The second-order valence-corrected chi connectivity index (χ2v) is 17.9. The summed E-state index contributed by atoms with van der Waals surface area (Å²) in [5.74, 6) is 1.19. The van der Waals surface area contributed by atoms with Crippen LogP contribution in [0.4, 0.5) is 0 Å². The van der Waals surface area contributed by atoms with Gasteiger partial charge in [0.05, 0.1) is 6.10 Å². The summed E-state index contributed by atoms with van der Waals surface area (Å²) in [5, 5.41) is 31.4. The molecule has 0 aromatic heterocycles. The predicted molar refractivity (Wildman–Crippen MR) is 179 cm³/mol. The molecule has 0 bridgehead atoms. The van der Waals surface area contributed by atoms with Crippen LogP contribution in [-0.2, 0) is 9.53 Å². The van der Waals surface area contributed by atoms with Crippen molar-refractivity contribution in [1.82, 2.24) is 0 Å². The first-order chi connectivity index (χ1) is 20.8. The normalized spacial score (nSPS) is 47.1. The third kappa shape index (κ3) is 4.37. The van der Waals surface area contributed by atoms with Gasteiger partial charge in [0.15, 0.2) is 11.5 Å². The zero-order valence-corrected chi connectivity index (χ0v) is 29.2. The number of hydrogen-bond acceptors (Lipinski definition) is 5. The monoisotopic (exact) mass is 618 g/mol. The summed E-state index contributed by atoms with van der Waals surface area (Å²) >= 11 is 0. The first-order valence-electron chi connectivity index (χ1n) is 17.6. The molecule has 45 heavy (non-hydrogen) atoms. The fraction of sp³-hybridized carbons (Fsp3) is 0.725. The summed E-state index contributed by atoms with van der Waals surface area (Å²) in [6, 6.07) is 4.50. The number of aliphatic hydroxyl groups excluding tert-OH is 1. The van der Waals surface area contributed by atoms with E-state index in [1.54, 1.807) is 12.1 Å². The molecule has 11 atom stereocenters. The van der Waals surface area contributed by atoms with Gasteiger partial charge in [-0.05, 0) is 127 Å². The van der Waals surface area contributed by atoms with Crippen molar-refractivity contribution in [1.29, 1.82) is 0 Å². The number of esters is 1. The van der Waals surface area contributed by atoms with E-state index in [4.69, 9.17) is 4.74 Å². The molecule has 0 unspecified atom stereocenters. The van der Waals surface area contributed by atoms with Crippen LogP contribution < -0.4 is 0 Å². The van der Waals surface area contributed by atoms with E-state index < -0.39 is 0 Å². The van der Waals surface area contributed by atoms with Crippen LogP contribution in [0.3, 0.4) is 0 Å². The maximum Gasteiger partial charge on any atom is 0.331 e. The van der Waals surface area contributed by atoms with E-state index in [0.29, 0.717) is 29.2 Å². The molecular formula is C40H58O5. The van der Waals surface area contributed by atoms with Crippen molar-refractivity contribution in [2.45, 2.75) is 126 Å². The van der Waals surface area contributed by atoms with Gasteiger partial charge in [-0.1, -0.05) is 73.1 Å². The number of benzene rings is 1. The lowest BCUT2D eigenvalue weighted by molar-refractivity contribution is -0.299. The fourth-order valence-corrected chi connectivity index (χ4v) is 13.1. The van der Waals surface area contributed by atoms with Crippen molar-refractivity contribution in [3.05, 3.63) is 41.5 Å². The molecule has 5 heteroatoms. The van der Waals surface area contributed by atoms with Crippen molar-refractivity contribution in [3.63, 3.8) is 0 Å². The van der Waals surface area contributed by atoms with Crippen LogP contribution in [0, 0.1) is 56.2 Å². The van der Waals surface area contributed by atoms with Gasteiger partial charge in [0.2, 0.25) is 0 Å². The van der Waals surface area contributed by atoms with Crippen LogP contribution in [-0.4, -0.2) is 33.5 Å². The number of aromatic hydroxyl groups is 2. The number of fused-ring (bicyclic) bond motifs is 7. The van der Waals surface area contributed by atoms with Crippen molar-refractivity contribution in [2.75, 3.05) is 0 Å². The standard InChI is InChI=1S/C40H58O5/c1-24-14-18-37(6)31(43)23-40(9)38(7)20-15-29-35(3,4)32(45-33(44)13-11-26-10-12-27(41)28(42)22-26)17-19-36(29,5)30(38)16-21-39(40,8)34(37)25(24)2/h10-14,22,25,29-32,34,41-43H,15-21,23H2,1-9H3/b13-11+/t25-,29+,30-,31+,32+,34+,36+,37-,38-,39-,40+/m1/s1. The molecular weight excluding hydrogens is 560 g/mol. The predicted octanol–water partition coefficient (Wildman–Crippen LogP) is 9.06. The molecule has 5 aliphatic carbocycles. The maximum absolute atomic E-state index is 13.1. The van der Waals surface area contributed by atoms with E-state index in [0.717, 1.165) is 38.5 Å². The molecule has 6 rings (SSSR count). The summed E-state index contributed by atoms with van der Waals surface area (Å²) in [6.07, 6.45) is 13.5. The SMILES string of the molecule is CC1=CC[C@]2(C)[C@@H](O)C[C@@]3(C)[C@]4(C)CC[C@H]5C(C)(C)[C@@H](OC(=O)/C=C/c6ccc(O)c(O)c6)CC[C@]5(C)[C@H]4CC[C@]3(C)[C@H]2[C@@H]1C. The molecule has 5 nitrogen and oxygen atoms in total. The number of aliphatic hydroxyl groups is 1. The average Bonchev–Trinajstić information content (AvgIpc) is 2.95. The molecule has 0 radical (unpaired) electrons. The average molecular weight is 619 g/mol. The Bertz CT molecular complexity index is 1430. The highest BCUT2D eigenvalue weighted by Crippen LogP contribution is 2.80. The summed E-state index contributed by atoms with van der Waals surface area (Å²) in [6.45, 7) is 22.1. The lowest BCUT2D eigenvalue weighted by atomic mass is 9.27. The Morgan fingerprint density at radius 3 is 2.24 bits per heavy atom. The molecule has 248 valence electrons. The van der Waals surface area contributed by atoms with Crippen LogP contribution >= 0.6 is 0 Å². The topological polar surface area (TPSA) is 87.0 Å². The molecule has 1 aromatic carbocycles. The van der Waals surface area contributed by atoms with Crippen LogP contribution in [0.1, 0.15) is 119 Å². The molecule has 0 spiro atoms. The zero-order chi connectivity index (χ0) is 33.0. The highest BCUT2D eigenvalue weighted by atomic mass is 16.5. The summed E-state index contributed by atoms with van der Waals surface area (Å²) in [7, 11) is 0. The quantitative estimate of drug-likeness (QED) is 0.136. The van der Waals surface area contributed by atoms with Gasteiger partial charge in [-0.15, -0.1) is 0 Å². The number of carbonyl (C=O) groups is 1. The number of allylic oxidation sites excluding steroid dienone is 2. The van der Waals surface area contributed by atoms with Crippen molar-refractivity contribution in [3.8, 4) is 11.5 Å². The van der Waals surface area contributed by atoms with Gasteiger partial charge in [0, 0.05) is 16.9 Å². The van der Waals surface area contributed by atoms with Gasteiger partial charge in [-0.25, -0.2) is 4.79 Å². The molecule has 0 saturated heterocycles. The fourth-order valence-electron chi connectivity index (χ4n) is 13.1. The lowest BCUT2D eigenvalue weighted by Gasteiger charge is -2.77. The van der Waals surface area contributed by atoms with E-state index in [-0.39, 0.29) is 62.2 Å². The second kappa shape index (κ2) is 10.4. The molecule has 0 heterocycles. The Morgan fingerprint density at radius 2 is 1.56 bits per heavy atom. The first kappa shape index (κ1) is 32.7. The third-order valence-corrected chi connectivity index (χ3v) is 16.0. The van der Waals surface area contributed by atoms with Gasteiger partial charge >= 0.3 is 5.97 Å². The third-order valence-electron chi connectivity index (χ3n) is 16.0. The minimum Gasteiger partial charge on any atom is -0.504 e. The Kier molecular flexibility index (Phi) is 7.52. The number of phenolic OH excluding ortho intramolecular Hbond substituents is 2. The summed E-state index contributed by atoms with van der Waals surface area (Å²) in [5.41, 5.74) is 2.36. The minimum atomic E-state index is -0.365. The number of carbonyl (C=O) groups excluding carboxylic acids is 1. The highest BCUT2D eigenvalue weighted by Gasteiger charge is 2.74. The van der Waals surface area contributed by atoms with Gasteiger partial charge in [0.25, 0.3) is 0 Å². The van der Waals surface area contributed by atoms with Gasteiger partial charge in [-0.2, -0.15) is 0 Å². The summed E-state index contributed by atoms with van der Waals surface area (Å²) < 4.78 is 6.19. The van der Waals surface area contributed by atoms with Crippen LogP contribution in [0.25, 0.3) is 6.08 Å². The first-order valence-corrected chi connectivity index (χ1v) is 17.6. The van der Waals surface area contributed by atoms with E-state index in [2.05, 4.69) is 68.4 Å². The molecule has 1 aromatic rings. The molecule has 5 aliphatic rings. The zero-order valence-electron chi connectivity index (χ0n) is 29.2. The lowest BCUT2D eigenvalue weighted by Crippen LogP contribution is -2.72. The summed E-state index contributed by atoms with van der Waals surface area (Å²) in [4.78, 5) is 13.1. The molecule has 0 amide bonds. The second-order valence-electron chi connectivity index (χ2n) is 17.9. The highest BCUT2D eigenvalue weighted by molar-refractivity contribution is 5.87. The number of hydrogen-bond donors (Lipinski definition) is 3. The minimum absolute atomic E-state index is 0.0350. The van der Waals surface area contributed by atoms with Gasteiger partial charge in [0.1, 0.15) is 6.10 Å². The number of rotatable bonds is 3. The Labute approximate surface area is 271 Å². The Morgan fingerprint density at radius 1 is 0.889 bits per heavy atom. The smallest absolute Gasteiger partial charge is 0.331 e. The van der Waals surface area contributed by atoms with E-state index in [1.165, 1.54) is 36.6 Å². The van der Waals surface area contributed by atoms with Gasteiger partial charge in [-0.3, -0.25) is 0 Å². The Balaban J connectivity index is 1.26. The number of phenols is 2. The molecule has 0 aliphatic heterocycles.